The normalized spacial score (nSPS) is 29.8. The molecule has 3 amide bonds. The molecule has 254 valence electrons. The van der Waals surface area contributed by atoms with Crippen LogP contribution in [-0.4, -0.2) is 77.7 Å². The highest BCUT2D eigenvalue weighted by Crippen LogP contribution is 2.58. The lowest BCUT2D eigenvalue weighted by Crippen LogP contribution is -2.56. The molecule has 2 aromatic carbocycles. The van der Waals surface area contributed by atoms with Gasteiger partial charge in [0.1, 0.15) is 24.4 Å². The first-order valence-electron chi connectivity index (χ1n) is 16.5. The summed E-state index contributed by atoms with van der Waals surface area (Å²) in [5.74, 6) is -3.39. The van der Waals surface area contributed by atoms with Crippen LogP contribution in [-0.2, 0) is 28.7 Å². The first-order valence-corrected chi connectivity index (χ1v) is 17.6. The number of carbonyl (C=O) groups excluding carboxylic acids is 4. The number of aliphatic hydroxyl groups is 1. The second-order valence-electron chi connectivity index (χ2n) is 12.6. The predicted octanol–water partition coefficient (Wildman–Crippen LogP) is 4.85. The van der Waals surface area contributed by atoms with E-state index in [-0.39, 0.29) is 38.0 Å². The maximum atomic E-state index is 14.9. The molecule has 0 aromatic heterocycles. The van der Waals surface area contributed by atoms with Crippen molar-refractivity contribution in [2.24, 2.45) is 11.8 Å². The van der Waals surface area contributed by atoms with Crippen LogP contribution < -0.4 is 10.2 Å². The summed E-state index contributed by atoms with van der Waals surface area (Å²) in [5.41, 5.74) is -0.0575. The van der Waals surface area contributed by atoms with E-state index in [9.17, 15) is 24.3 Å². The van der Waals surface area contributed by atoms with Crippen LogP contribution in [0.4, 0.5) is 5.69 Å². The third-order valence-corrected chi connectivity index (χ3v) is 10.5. The smallest absolute Gasteiger partial charge is 0.306 e. The van der Waals surface area contributed by atoms with Gasteiger partial charge in [-0.2, -0.15) is 0 Å². The van der Waals surface area contributed by atoms with Crippen molar-refractivity contribution in [3.8, 4) is 0 Å². The van der Waals surface area contributed by atoms with Crippen LogP contribution in [0.15, 0.2) is 77.3 Å². The number of anilines is 1. The van der Waals surface area contributed by atoms with Gasteiger partial charge in [-0.3, -0.25) is 19.2 Å². The maximum Gasteiger partial charge on any atom is 0.306 e. The topological polar surface area (TPSA) is 125 Å². The third kappa shape index (κ3) is 6.70. The Kier molecular flexibility index (Phi) is 10.7. The van der Waals surface area contributed by atoms with Crippen molar-refractivity contribution in [2.45, 2.75) is 62.3 Å². The molecule has 0 radical (unpaired) electrons. The summed E-state index contributed by atoms with van der Waals surface area (Å²) in [5, 5.41) is 12.8. The quantitative estimate of drug-likeness (QED) is 0.225. The van der Waals surface area contributed by atoms with Gasteiger partial charge in [0.15, 0.2) is 0 Å². The number of ether oxygens (including phenoxy) is 2. The summed E-state index contributed by atoms with van der Waals surface area (Å²) in [4.78, 5) is 59.6. The number of aliphatic hydroxyl groups excluding tert-OH is 1. The van der Waals surface area contributed by atoms with E-state index in [0.717, 1.165) is 18.4 Å². The number of allylic oxidation sites excluding steroid dienone is 1. The van der Waals surface area contributed by atoms with Gasteiger partial charge in [0, 0.05) is 41.3 Å². The molecular weight excluding hydrogens is 702 g/mol. The van der Waals surface area contributed by atoms with Crippen LogP contribution in [0.1, 0.15) is 50.1 Å². The van der Waals surface area contributed by atoms with Crippen molar-refractivity contribution < 1.29 is 33.8 Å². The van der Waals surface area contributed by atoms with Crippen LogP contribution in [0.3, 0.4) is 0 Å². The van der Waals surface area contributed by atoms with Crippen LogP contribution in [0.25, 0.3) is 0 Å². The molecule has 2 fully saturated rings. The van der Waals surface area contributed by atoms with Crippen LogP contribution >= 0.6 is 27.5 Å². The lowest BCUT2D eigenvalue weighted by molar-refractivity contribution is -0.145. The second-order valence-corrected chi connectivity index (χ2v) is 13.9. The molecule has 2 N–H and O–H groups in total. The lowest BCUT2D eigenvalue weighted by atomic mass is 9.74. The Morgan fingerprint density at radius 1 is 0.958 bits per heavy atom. The summed E-state index contributed by atoms with van der Waals surface area (Å²) in [6.07, 6.45) is 8.01. The molecule has 5 bridgehead atoms. The number of likely N-dealkylation sites (tertiary alicyclic amines) is 1. The molecule has 4 heterocycles. The molecule has 0 saturated carbocycles. The largest absolute Gasteiger partial charge is 0.463 e. The van der Waals surface area contributed by atoms with Gasteiger partial charge in [-0.15, -0.1) is 0 Å². The van der Waals surface area contributed by atoms with E-state index in [4.69, 9.17) is 21.1 Å². The minimum atomic E-state index is -1.39. The number of hydrogen-bond acceptors (Lipinski definition) is 7. The van der Waals surface area contributed by atoms with Gasteiger partial charge < -0.3 is 29.7 Å². The summed E-state index contributed by atoms with van der Waals surface area (Å²) in [6.45, 7) is 0.467. The maximum absolute atomic E-state index is 14.9. The number of unbranched alkanes of at least 4 members (excludes halogenated alkanes) is 3. The SMILES string of the molecule is O=C1CC/C=C\CN(c2ccc(Cl)cc2)C(=O)[C@@H]2N(CCCCCCO)C(=O)[C@H]3[C@H](C(=O)N[C@H](c4ccccc4)CO1)[C@H]1O[C@@]23C=C1Br. The van der Waals surface area contributed by atoms with E-state index in [2.05, 4.69) is 21.2 Å². The summed E-state index contributed by atoms with van der Waals surface area (Å²) in [6, 6.07) is 14.4. The summed E-state index contributed by atoms with van der Waals surface area (Å²) < 4.78 is 12.9. The number of rotatable bonds is 8. The highest BCUT2D eigenvalue weighted by molar-refractivity contribution is 9.11. The van der Waals surface area contributed by atoms with Crippen molar-refractivity contribution in [3.05, 3.63) is 87.9 Å². The van der Waals surface area contributed by atoms with Crippen molar-refractivity contribution in [3.63, 3.8) is 0 Å². The van der Waals surface area contributed by atoms with Crippen molar-refractivity contribution in [2.75, 3.05) is 31.2 Å². The Morgan fingerprint density at radius 3 is 2.46 bits per heavy atom. The zero-order chi connectivity index (χ0) is 33.8. The average molecular weight is 741 g/mol. The van der Waals surface area contributed by atoms with Crippen molar-refractivity contribution >= 4 is 56.9 Å². The van der Waals surface area contributed by atoms with E-state index >= 15 is 0 Å². The summed E-state index contributed by atoms with van der Waals surface area (Å²) >= 11 is 9.82. The van der Waals surface area contributed by atoms with Gasteiger partial charge in [-0.05, 0) is 55.2 Å². The highest BCUT2D eigenvalue weighted by Gasteiger charge is 2.74. The summed E-state index contributed by atoms with van der Waals surface area (Å²) in [7, 11) is 0. The van der Waals surface area contributed by atoms with Gasteiger partial charge in [0.2, 0.25) is 11.8 Å². The molecule has 4 aliphatic heterocycles. The fourth-order valence-corrected chi connectivity index (χ4v) is 8.16. The molecule has 2 aromatic rings. The molecule has 12 heteroatoms. The number of esters is 1. The minimum absolute atomic E-state index is 0.0806. The third-order valence-electron chi connectivity index (χ3n) is 9.57. The monoisotopic (exact) mass is 739 g/mol. The Morgan fingerprint density at radius 2 is 1.71 bits per heavy atom. The molecule has 48 heavy (non-hydrogen) atoms. The molecule has 1 spiro atoms. The number of halogens is 2. The predicted molar refractivity (Wildman–Crippen MR) is 183 cm³/mol. The van der Waals surface area contributed by atoms with Crippen LogP contribution in [0.5, 0.6) is 0 Å². The van der Waals surface area contributed by atoms with E-state index in [1.165, 1.54) is 0 Å². The Labute approximate surface area is 293 Å². The number of carbonyl (C=O) groups is 4. The fourth-order valence-electron chi connectivity index (χ4n) is 7.30. The number of nitrogens with zero attached hydrogens (tertiary/aromatic N) is 2. The number of benzene rings is 2. The number of amides is 3. The van der Waals surface area contributed by atoms with E-state index in [1.54, 1.807) is 40.1 Å². The van der Waals surface area contributed by atoms with Gasteiger partial charge >= 0.3 is 5.97 Å². The zero-order valence-corrected chi connectivity index (χ0v) is 28.8. The first-order chi connectivity index (χ1) is 23.2. The lowest BCUT2D eigenvalue weighted by Gasteiger charge is -2.36. The molecule has 0 unspecified atom stereocenters. The van der Waals surface area contributed by atoms with E-state index in [1.807, 2.05) is 42.5 Å². The molecule has 6 rings (SSSR count). The molecular formula is C36H39BrClN3O7. The first kappa shape index (κ1) is 34.4. The zero-order valence-electron chi connectivity index (χ0n) is 26.4. The van der Waals surface area contributed by atoms with Gasteiger partial charge in [-0.1, -0.05) is 82.9 Å². The van der Waals surface area contributed by atoms with Crippen molar-refractivity contribution in [1.29, 1.82) is 0 Å². The average Bonchev–Trinajstić information content (AvgIpc) is 3.68. The number of cyclic esters (lactones) is 1. The Bertz CT molecular complexity index is 1590. The number of hydrogen-bond donors (Lipinski definition) is 2. The highest BCUT2D eigenvalue weighted by atomic mass is 79.9. The minimum Gasteiger partial charge on any atom is -0.463 e. The Hall–Kier alpha value is -3.51. The van der Waals surface area contributed by atoms with Gasteiger partial charge in [0.25, 0.3) is 5.91 Å². The molecule has 10 nitrogen and oxygen atoms in total. The Balaban J connectivity index is 1.42. The fraction of sp³-hybridized carbons (Fsp3) is 0.444. The van der Waals surface area contributed by atoms with Crippen molar-refractivity contribution in [1.82, 2.24) is 10.2 Å². The van der Waals surface area contributed by atoms with E-state index in [0.29, 0.717) is 41.0 Å². The molecule has 0 aliphatic carbocycles. The standard InChI is InChI=1S/C36H39BrClN3O7/c37-26-21-36-30-29(31(26)48-36)33(44)39-27(23-11-5-3-6-12-23)22-47-28(43)13-7-4-9-18-40(25-16-14-24(38)15-17-25)35(46)32(36)41(34(30)45)19-8-1-2-10-20-42/h3-6,9,11-12,14-17,21,27,29-32,42H,1-2,7-8,10,13,18-20,22H2,(H,39,44)/b9-4-/t27-,29-,30+,31-,32-,36+/m0/s1. The van der Waals surface area contributed by atoms with Crippen LogP contribution in [0.2, 0.25) is 5.02 Å². The van der Waals surface area contributed by atoms with Gasteiger partial charge in [0.05, 0.1) is 17.9 Å². The van der Waals surface area contributed by atoms with Crippen LogP contribution in [0, 0.1) is 11.8 Å². The number of fused-ring (bicyclic) bond motifs is 2. The molecule has 6 atom stereocenters. The second kappa shape index (κ2) is 14.9. The molecule has 2 saturated heterocycles. The molecule has 4 aliphatic rings. The van der Waals surface area contributed by atoms with Gasteiger partial charge in [-0.25, -0.2) is 0 Å². The number of nitrogens with one attached hydrogen (secondary N) is 1. The van der Waals surface area contributed by atoms with E-state index < -0.39 is 47.5 Å².